The lowest BCUT2D eigenvalue weighted by atomic mass is 10.1. The predicted molar refractivity (Wildman–Crippen MR) is 96.5 cm³/mol. The van der Waals surface area contributed by atoms with Crippen LogP contribution < -0.4 is 0 Å². The first-order chi connectivity index (χ1) is 11.6. The highest BCUT2D eigenvalue weighted by Gasteiger charge is 2.15. The van der Waals surface area contributed by atoms with E-state index in [4.69, 9.17) is 4.74 Å². The van der Waals surface area contributed by atoms with E-state index in [-0.39, 0.29) is 23.8 Å². The molecule has 2 rings (SSSR count). The first kappa shape index (κ1) is 17.9. The van der Waals surface area contributed by atoms with Gasteiger partial charge in [0.25, 0.3) is 5.91 Å². The fourth-order valence-electron chi connectivity index (χ4n) is 2.11. The molecule has 0 aliphatic rings. The molecule has 0 saturated carbocycles. The Morgan fingerprint density at radius 3 is 2.38 bits per heavy atom. The summed E-state index contributed by atoms with van der Waals surface area (Å²) in [5, 5.41) is 0. The summed E-state index contributed by atoms with van der Waals surface area (Å²) in [5.41, 5.74) is 2.14. The van der Waals surface area contributed by atoms with E-state index in [1.54, 1.807) is 0 Å². The molecule has 2 aromatic rings. The SMILES string of the molecule is COC(=O)C(Cc1ccccc1)=NC(=O)CSc1ccccc1C. The van der Waals surface area contributed by atoms with Crippen molar-refractivity contribution in [3.05, 3.63) is 65.7 Å². The van der Waals surface area contributed by atoms with Gasteiger partial charge in [0.1, 0.15) is 5.71 Å². The van der Waals surface area contributed by atoms with Gasteiger partial charge in [-0.1, -0.05) is 48.5 Å². The smallest absolute Gasteiger partial charge is 0.352 e. The van der Waals surface area contributed by atoms with Crippen molar-refractivity contribution < 1.29 is 14.3 Å². The standard InChI is InChI=1S/C19H19NO3S/c1-14-8-6-7-11-17(14)24-13-18(21)20-16(19(22)23-2)12-15-9-4-3-5-10-15/h3-11H,12-13H2,1-2H3. The second-order valence-corrected chi connectivity index (χ2v) is 6.18. The minimum atomic E-state index is -0.576. The third kappa shape index (κ3) is 5.35. The van der Waals surface area contributed by atoms with E-state index in [9.17, 15) is 9.59 Å². The zero-order chi connectivity index (χ0) is 17.4. The van der Waals surface area contributed by atoms with Crippen LogP contribution in [0.3, 0.4) is 0 Å². The molecule has 124 valence electrons. The molecule has 0 aliphatic carbocycles. The zero-order valence-electron chi connectivity index (χ0n) is 13.7. The molecule has 0 unspecified atom stereocenters. The molecular formula is C19H19NO3S. The van der Waals surface area contributed by atoms with E-state index in [0.29, 0.717) is 0 Å². The predicted octanol–water partition coefficient (Wildman–Crippen LogP) is 3.47. The number of aliphatic imine (C=N–C) groups is 1. The highest BCUT2D eigenvalue weighted by Crippen LogP contribution is 2.21. The maximum absolute atomic E-state index is 12.1. The summed E-state index contributed by atoms with van der Waals surface area (Å²) in [5.74, 6) is -0.743. The van der Waals surface area contributed by atoms with Crippen LogP contribution in [0.2, 0.25) is 0 Å². The van der Waals surface area contributed by atoms with Gasteiger partial charge >= 0.3 is 5.97 Å². The Balaban J connectivity index is 2.06. The molecule has 0 bridgehead atoms. The molecule has 0 fully saturated rings. The van der Waals surface area contributed by atoms with Crippen LogP contribution in [-0.2, 0) is 20.7 Å². The van der Waals surface area contributed by atoms with Gasteiger partial charge < -0.3 is 4.74 Å². The average molecular weight is 341 g/mol. The van der Waals surface area contributed by atoms with E-state index in [0.717, 1.165) is 16.0 Å². The van der Waals surface area contributed by atoms with Crippen molar-refractivity contribution in [1.29, 1.82) is 0 Å². The maximum atomic E-state index is 12.1. The summed E-state index contributed by atoms with van der Waals surface area (Å²) in [6.45, 7) is 1.99. The highest BCUT2D eigenvalue weighted by atomic mass is 32.2. The number of aryl methyl sites for hydroxylation is 1. The molecule has 5 heteroatoms. The van der Waals surface area contributed by atoms with Gasteiger partial charge in [-0.25, -0.2) is 9.79 Å². The molecule has 24 heavy (non-hydrogen) atoms. The zero-order valence-corrected chi connectivity index (χ0v) is 14.5. The fourth-order valence-corrected chi connectivity index (χ4v) is 2.92. The Labute approximate surface area is 145 Å². The van der Waals surface area contributed by atoms with E-state index < -0.39 is 5.97 Å². The van der Waals surface area contributed by atoms with Crippen molar-refractivity contribution in [3.63, 3.8) is 0 Å². The number of hydrogen-bond donors (Lipinski definition) is 0. The Morgan fingerprint density at radius 2 is 1.71 bits per heavy atom. The number of carbonyl (C=O) groups is 2. The lowest BCUT2D eigenvalue weighted by Crippen LogP contribution is -2.20. The molecule has 0 spiro atoms. The third-order valence-electron chi connectivity index (χ3n) is 3.34. The quantitative estimate of drug-likeness (QED) is 0.459. The van der Waals surface area contributed by atoms with Crippen LogP contribution in [0.5, 0.6) is 0 Å². The first-order valence-corrected chi connectivity index (χ1v) is 8.49. The van der Waals surface area contributed by atoms with Gasteiger partial charge in [0, 0.05) is 11.3 Å². The largest absolute Gasteiger partial charge is 0.465 e. The van der Waals surface area contributed by atoms with Crippen LogP contribution in [0.4, 0.5) is 0 Å². The number of methoxy groups -OCH3 is 1. The number of rotatable bonds is 6. The monoisotopic (exact) mass is 341 g/mol. The molecule has 0 N–H and O–H groups in total. The fraction of sp³-hybridized carbons (Fsp3) is 0.211. The lowest BCUT2D eigenvalue weighted by molar-refractivity contribution is -0.133. The number of ether oxygens (including phenoxy) is 1. The lowest BCUT2D eigenvalue weighted by Gasteiger charge is -2.06. The van der Waals surface area contributed by atoms with Gasteiger partial charge in [-0.3, -0.25) is 4.79 Å². The first-order valence-electron chi connectivity index (χ1n) is 7.51. The minimum absolute atomic E-state index is 0.124. The molecule has 4 nitrogen and oxygen atoms in total. The van der Waals surface area contributed by atoms with Crippen molar-refractivity contribution in [1.82, 2.24) is 0 Å². The summed E-state index contributed by atoms with van der Waals surface area (Å²) in [4.78, 5) is 29.0. The summed E-state index contributed by atoms with van der Waals surface area (Å²) < 4.78 is 4.74. The van der Waals surface area contributed by atoms with Gasteiger partial charge in [-0.15, -0.1) is 11.8 Å². The second kappa shape index (κ2) is 9.03. The number of hydrogen-bond acceptors (Lipinski definition) is 4. The normalized spacial score (nSPS) is 11.2. The number of carbonyl (C=O) groups excluding carboxylic acids is 2. The topological polar surface area (TPSA) is 55.7 Å². The third-order valence-corrected chi connectivity index (χ3v) is 4.50. The van der Waals surface area contributed by atoms with Crippen LogP contribution in [0.25, 0.3) is 0 Å². The van der Waals surface area contributed by atoms with Gasteiger partial charge in [0.05, 0.1) is 12.9 Å². The van der Waals surface area contributed by atoms with Crippen LogP contribution in [0.15, 0.2) is 64.5 Å². The second-order valence-electron chi connectivity index (χ2n) is 5.16. The maximum Gasteiger partial charge on any atom is 0.352 e. The molecule has 1 amide bonds. The van der Waals surface area contributed by atoms with Crippen LogP contribution in [-0.4, -0.2) is 30.5 Å². The van der Waals surface area contributed by atoms with Gasteiger partial charge in [-0.2, -0.15) is 0 Å². The number of amides is 1. The molecule has 2 aromatic carbocycles. The molecule has 0 saturated heterocycles. The van der Waals surface area contributed by atoms with Crippen molar-refractivity contribution in [3.8, 4) is 0 Å². The van der Waals surface area contributed by atoms with Gasteiger partial charge in [0.2, 0.25) is 0 Å². The molecule has 0 radical (unpaired) electrons. The summed E-state index contributed by atoms with van der Waals surface area (Å²) in [6.07, 6.45) is 0.272. The van der Waals surface area contributed by atoms with Crippen LogP contribution in [0, 0.1) is 6.92 Å². The number of benzene rings is 2. The molecule has 0 heterocycles. The Kier molecular flexibility index (Phi) is 6.75. The van der Waals surface area contributed by atoms with Gasteiger partial charge in [-0.05, 0) is 24.1 Å². The van der Waals surface area contributed by atoms with Crippen LogP contribution in [0.1, 0.15) is 11.1 Å². The molecule has 0 aliphatic heterocycles. The van der Waals surface area contributed by atoms with Crippen molar-refractivity contribution in [2.75, 3.05) is 12.9 Å². The number of esters is 1. The van der Waals surface area contributed by atoms with E-state index in [1.165, 1.54) is 18.9 Å². The van der Waals surface area contributed by atoms with E-state index in [1.807, 2.05) is 61.5 Å². The number of nitrogens with zero attached hydrogens (tertiary/aromatic N) is 1. The highest BCUT2D eigenvalue weighted by molar-refractivity contribution is 8.00. The number of thioether (sulfide) groups is 1. The summed E-state index contributed by atoms with van der Waals surface area (Å²) >= 11 is 1.41. The van der Waals surface area contributed by atoms with Crippen molar-refractivity contribution >= 4 is 29.4 Å². The molecule has 0 atom stereocenters. The minimum Gasteiger partial charge on any atom is -0.465 e. The van der Waals surface area contributed by atoms with Crippen molar-refractivity contribution in [2.24, 2.45) is 4.99 Å². The molecular weight excluding hydrogens is 322 g/mol. The average Bonchev–Trinajstić information content (AvgIpc) is 2.60. The van der Waals surface area contributed by atoms with Crippen molar-refractivity contribution in [2.45, 2.75) is 18.2 Å². The summed E-state index contributed by atoms with van der Waals surface area (Å²) in [7, 11) is 1.29. The van der Waals surface area contributed by atoms with Gasteiger partial charge in [0.15, 0.2) is 0 Å². The Morgan fingerprint density at radius 1 is 1.04 bits per heavy atom. The Hall–Kier alpha value is -2.40. The van der Waals surface area contributed by atoms with E-state index in [2.05, 4.69) is 4.99 Å². The Bertz CT molecular complexity index is 741. The summed E-state index contributed by atoms with van der Waals surface area (Å²) in [6, 6.07) is 17.2. The van der Waals surface area contributed by atoms with E-state index >= 15 is 0 Å². The molecule has 0 aromatic heterocycles. The van der Waals surface area contributed by atoms with Crippen LogP contribution >= 0.6 is 11.8 Å².